The molecule has 0 bridgehead atoms. The largest absolute Gasteiger partial charge is 0.350 e. The lowest BCUT2D eigenvalue weighted by Gasteiger charge is -2.37. The second-order valence-corrected chi connectivity index (χ2v) is 8.46. The Morgan fingerprint density at radius 2 is 1.77 bits per heavy atom. The summed E-state index contributed by atoms with van der Waals surface area (Å²) in [6.07, 6.45) is 4.13. The molecule has 1 fully saturated rings. The normalized spacial score (nSPS) is 21.1. The highest BCUT2D eigenvalue weighted by Gasteiger charge is 2.35. The van der Waals surface area contributed by atoms with Gasteiger partial charge in [-0.1, -0.05) is 20.8 Å². The number of carbonyl (C=O) groups excluding carboxylic acids is 1. The molecule has 0 unspecified atom stereocenters. The molecule has 130 valence electrons. The summed E-state index contributed by atoms with van der Waals surface area (Å²) >= 11 is 0. The molecule has 22 heavy (non-hydrogen) atoms. The molecule has 0 aromatic carbocycles. The third-order valence-electron chi connectivity index (χ3n) is 4.96. The molecule has 0 radical (unpaired) electrons. The Balaban J connectivity index is 2.79. The number of rotatable bonds is 7. The van der Waals surface area contributed by atoms with Crippen molar-refractivity contribution in [1.29, 1.82) is 0 Å². The van der Waals surface area contributed by atoms with Crippen LogP contribution in [0.5, 0.6) is 0 Å². The van der Waals surface area contributed by atoms with E-state index in [4.69, 9.17) is 0 Å². The molecule has 0 spiro atoms. The molecule has 1 saturated heterocycles. The van der Waals surface area contributed by atoms with Gasteiger partial charge in [-0.15, -0.1) is 0 Å². The molecule has 1 aliphatic heterocycles. The summed E-state index contributed by atoms with van der Waals surface area (Å²) in [5, 5.41) is 3.18. The molecular formula is C15H31N3O3S. The van der Waals surface area contributed by atoms with Gasteiger partial charge in [0.2, 0.25) is 5.91 Å². The van der Waals surface area contributed by atoms with Gasteiger partial charge in [0, 0.05) is 32.7 Å². The van der Waals surface area contributed by atoms with E-state index in [0.29, 0.717) is 6.54 Å². The number of nitrogens with one attached hydrogen (secondary N) is 1. The maximum absolute atomic E-state index is 12.6. The molecule has 1 aliphatic rings. The van der Waals surface area contributed by atoms with Gasteiger partial charge in [-0.05, 0) is 32.1 Å². The maximum atomic E-state index is 12.6. The first kappa shape index (κ1) is 19.4. The summed E-state index contributed by atoms with van der Waals surface area (Å²) in [6.45, 7) is 7.01. The summed E-state index contributed by atoms with van der Waals surface area (Å²) in [6, 6.07) is 0. The highest BCUT2D eigenvalue weighted by molar-refractivity contribution is 7.86. The molecule has 0 aliphatic carbocycles. The fourth-order valence-electron chi connectivity index (χ4n) is 2.98. The van der Waals surface area contributed by atoms with E-state index < -0.39 is 10.2 Å². The Morgan fingerprint density at radius 1 is 1.23 bits per heavy atom. The van der Waals surface area contributed by atoms with Crippen LogP contribution in [0.1, 0.15) is 52.9 Å². The highest BCUT2D eigenvalue weighted by Crippen LogP contribution is 2.24. The summed E-state index contributed by atoms with van der Waals surface area (Å²) in [5.41, 5.74) is -0.167. The van der Waals surface area contributed by atoms with Crippen molar-refractivity contribution in [3.05, 3.63) is 0 Å². The van der Waals surface area contributed by atoms with Gasteiger partial charge < -0.3 is 5.32 Å². The average Bonchev–Trinajstić information content (AvgIpc) is 2.52. The number of piperidine rings is 1. The zero-order valence-corrected chi connectivity index (χ0v) is 15.4. The van der Waals surface area contributed by atoms with Gasteiger partial charge in [-0.3, -0.25) is 4.79 Å². The molecule has 0 aromatic rings. The SMILES string of the molecule is CCC(CC)(CC)NC(=O)[C@@H]1CCCN(S(=O)(=O)N(C)C)C1. The number of nitrogens with zero attached hydrogens (tertiary/aromatic N) is 2. The van der Waals surface area contributed by atoms with Gasteiger partial charge in [0.1, 0.15) is 0 Å². The van der Waals surface area contributed by atoms with Crippen molar-refractivity contribution in [3.8, 4) is 0 Å². The van der Waals surface area contributed by atoms with Crippen LogP contribution in [0.25, 0.3) is 0 Å². The summed E-state index contributed by atoms with van der Waals surface area (Å²) < 4.78 is 27.1. The van der Waals surface area contributed by atoms with E-state index in [-0.39, 0.29) is 23.9 Å². The van der Waals surface area contributed by atoms with Crippen LogP contribution in [0.15, 0.2) is 0 Å². The number of amides is 1. The van der Waals surface area contributed by atoms with Crippen LogP contribution in [0, 0.1) is 5.92 Å². The first-order chi connectivity index (χ1) is 10.2. The van der Waals surface area contributed by atoms with Crippen molar-refractivity contribution >= 4 is 16.1 Å². The molecule has 1 atom stereocenters. The Kier molecular flexibility index (Phi) is 6.83. The van der Waals surface area contributed by atoms with Gasteiger partial charge in [0.05, 0.1) is 5.92 Å². The van der Waals surface area contributed by atoms with E-state index >= 15 is 0 Å². The van der Waals surface area contributed by atoms with Crippen LogP contribution < -0.4 is 5.32 Å². The lowest BCUT2D eigenvalue weighted by Crippen LogP contribution is -2.53. The van der Waals surface area contributed by atoms with Crippen LogP contribution in [0.3, 0.4) is 0 Å². The van der Waals surface area contributed by atoms with Crippen LogP contribution >= 0.6 is 0 Å². The molecule has 1 heterocycles. The van der Waals surface area contributed by atoms with Crippen molar-refractivity contribution in [2.45, 2.75) is 58.4 Å². The van der Waals surface area contributed by atoms with E-state index in [1.807, 2.05) is 0 Å². The fourth-order valence-corrected chi connectivity index (χ4v) is 4.17. The van der Waals surface area contributed by atoms with Crippen molar-refractivity contribution in [3.63, 3.8) is 0 Å². The fraction of sp³-hybridized carbons (Fsp3) is 0.933. The van der Waals surface area contributed by atoms with Crippen molar-refractivity contribution in [1.82, 2.24) is 13.9 Å². The second kappa shape index (κ2) is 7.75. The van der Waals surface area contributed by atoms with Crippen LogP contribution in [0.2, 0.25) is 0 Å². The van der Waals surface area contributed by atoms with Gasteiger partial charge in [-0.2, -0.15) is 17.0 Å². The smallest absolute Gasteiger partial charge is 0.281 e. The van der Waals surface area contributed by atoms with E-state index in [0.717, 1.165) is 32.1 Å². The minimum absolute atomic E-state index is 0.00999. The Hall–Kier alpha value is -0.660. The number of carbonyl (C=O) groups is 1. The first-order valence-corrected chi connectivity index (χ1v) is 9.61. The quantitative estimate of drug-likeness (QED) is 0.769. The van der Waals surface area contributed by atoms with Gasteiger partial charge >= 0.3 is 0 Å². The van der Waals surface area contributed by atoms with Crippen LogP contribution in [-0.4, -0.2) is 55.7 Å². The van der Waals surface area contributed by atoms with E-state index in [2.05, 4.69) is 26.1 Å². The van der Waals surface area contributed by atoms with Crippen LogP contribution in [-0.2, 0) is 15.0 Å². The second-order valence-electron chi connectivity index (χ2n) is 6.32. The number of hydrogen-bond donors (Lipinski definition) is 1. The molecule has 0 aromatic heterocycles. The molecule has 1 N–H and O–H groups in total. The Morgan fingerprint density at radius 3 is 2.23 bits per heavy atom. The predicted octanol–water partition coefficient (Wildman–Crippen LogP) is 1.59. The first-order valence-electron chi connectivity index (χ1n) is 8.22. The lowest BCUT2D eigenvalue weighted by molar-refractivity contribution is -0.128. The zero-order valence-electron chi connectivity index (χ0n) is 14.6. The average molecular weight is 333 g/mol. The van der Waals surface area contributed by atoms with E-state index in [1.54, 1.807) is 0 Å². The predicted molar refractivity (Wildman–Crippen MR) is 88.7 cm³/mol. The number of hydrogen-bond acceptors (Lipinski definition) is 3. The standard InChI is InChI=1S/C15H31N3O3S/c1-6-15(7-2,8-3)16-14(19)13-10-9-11-18(12-13)22(20,21)17(4)5/h13H,6-12H2,1-5H3,(H,16,19)/t13-/m1/s1. The Labute approximate surface area is 135 Å². The van der Waals surface area contributed by atoms with Crippen molar-refractivity contribution < 1.29 is 13.2 Å². The summed E-state index contributed by atoms with van der Waals surface area (Å²) in [5.74, 6) is -0.267. The third kappa shape index (κ3) is 4.20. The zero-order chi connectivity index (χ0) is 17.0. The summed E-state index contributed by atoms with van der Waals surface area (Å²) in [4.78, 5) is 12.6. The van der Waals surface area contributed by atoms with Crippen LogP contribution in [0.4, 0.5) is 0 Å². The van der Waals surface area contributed by atoms with E-state index in [1.165, 1.54) is 22.7 Å². The minimum atomic E-state index is -3.44. The highest BCUT2D eigenvalue weighted by atomic mass is 32.2. The molecule has 1 rings (SSSR count). The maximum Gasteiger partial charge on any atom is 0.281 e. The molecule has 0 saturated carbocycles. The molecule has 7 heteroatoms. The topological polar surface area (TPSA) is 69.7 Å². The van der Waals surface area contributed by atoms with Crippen molar-refractivity contribution in [2.75, 3.05) is 27.2 Å². The monoisotopic (exact) mass is 333 g/mol. The minimum Gasteiger partial charge on any atom is -0.350 e. The third-order valence-corrected chi connectivity index (χ3v) is 6.87. The Bertz CT molecular complexity index is 464. The summed E-state index contributed by atoms with van der Waals surface area (Å²) in [7, 11) is -0.394. The molecule has 1 amide bonds. The van der Waals surface area contributed by atoms with Gasteiger partial charge in [0.25, 0.3) is 10.2 Å². The van der Waals surface area contributed by atoms with E-state index in [9.17, 15) is 13.2 Å². The van der Waals surface area contributed by atoms with Gasteiger partial charge in [0.15, 0.2) is 0 Å². The van der Waals surface area contributed by atoms with Gasteiger partial charge in [-0.25, -0.2) is 0 Å². The van der Waals surface area contributed by atoms with Crippen molar-refractivity contribution in [2.24, 2.45) is 5.92 Å². The molecular weight excluding hydrogens is 302 g/mol. The lowest BCUT2D eigenvalue weighted by atomic mass is 9.88. The molecule has 6 nitrogen and oxygen atoms in total.